The van der Waals surface area contributed by atoms with Crippen molar-refractivity contribution < 1.29 is 13.0 Å². The van der Waals surface area contributed by atoms with E-state index < -0.39 is 10.1 Å². The van der Waals surface area contributed by atoms with E-state index in [-0.39, 0.29) is 4.90 Å². The molecule has 6 nitrogen and oxygen atoms in total. The first-order valence-corrected chi connectivity index (χ1v) is 7.09. The Morgan fingerprint density at radius 3 is 2.25 bits per heavy atom. The van der Waals surface area contributed by atoms with E-state index in [2.05, 4.69) is 0 Å². The van der Waals surface area contributed by atoms with Gasteiger partial charge in [0, 0.05) is 6.42 Å². The van der Waals surface area contributed by atoms with E-state index in [4.69, 9.17) is 11.1 Å². The molecule has 20 heavy (non-hydrogen) atoms. The van der Waals surface area contributed by atoms with Gasteiger partial charge in [-0.2, -0.15) is 8.42 Å². The minimum Gasteiger partial charge on any atom is -0.373 e. The van der Waals surface area contributed by atoms with Crippen molar-refractivity contribution in [3.63, 3.8) is 0 Å². The summed E-state index contributed by atoms with van der Waals surface area (Å²) >= 11 is 0. The molecule has 2 aromatic carbocycles. The second-order valence-corrected chi connectivity index (χ2v) is 5.57. The number of hydrogen-bond acceptors (Lipinski definition) is 2. The van der Waals surface area contributed by atoms with Crippen LogP contribution in [0.1, 0.15) is 11.1 Å². The van der Waals surface area contributed by atoms with Crippen LogP contribution in [0.4, 0.5) is 0 Å². The van der Waals surface area contributed by atoms with Gasteiger partial charge in [-0.3, -0.25) is 9.46 Å². The highest BCUT2D eigenvalue weighted by Gasteiger charge is 2.24. The molecule has 0 aromatic heterocycles. The first kappa shape index (κ1) is 14.1. The monoisotopic (exact) mass is 288 g/mol. The number of fused-ring (bicyclic) bond motifs is 3. The zero-order chi connectivity index (χ0) is 14.8. The van der Waals surface area contributed by atoms with Crippen LogP contribution < -0.4 is 0 Å². The number of hydrogen-bond donors (Lipinski definition) is 1. The first-order chi connectivity index (χ1) is 9.49. The third-order valence-electron chi connectivity index (χ3n) is 3.09. The van der Waals surface area contributed by atoms with Crippen molar-refractivity contribution in [2.24, 2.45) is 0 Å². The zero-order valence-corrected chi connectivity index (χ0v) is 11.1. The summed E-state index contributed by atoms with van der Waals surface area (Å²) in [4.78, 5) is 1.52. The van der Waals surface area contributed by atoms with E-state index in [1.165, 1.54) is 11.0 Å². The molecule has 0 bridgehead atoms. The molecule has 0 radical (unpaired) electrons. The van der Waals surface area contributed by atoms with Gasteiger partial charge in [-0.1, -0.05) is 36.4 Å². The van der Waals surface area contributed by atoms with Gasteiger partial charge in [0.1, 0.15) is 0 Å². The number of rotatable bonds is 1. The summed E-state index contributed by atoms with van der Waals surface area (Å²) in [7, 11) is -4.15. The molecular weight excluding hydrogens is 278 g/mol. The Morgan fingerprint density at radius 2 is 1.60 bits per heavy atom. The van der Waals surface area contributed by atoms with Gasteiger partial charge in [-0.25, -0.2) is 0 Å². The lowest BCUT2D eigenvalue weighted by molar-refractivity contribution is 0.482. The fourth-order valence-electron chi connectivity index (χ4n) is 2.37. The molecule has 1 N–H and O–H groups in total. The summed E-state index contributed by atoms with van der Waals surface area (Å²) in [6.07, 6.45) is 0.557. The SMILES string of the molecule is O=S(=O)(O)c1cccc2c1Cc1ccccc1-2.[N-]=[N+]=[N-]. The Kier molecular flexibility index (Phi) is 3.76. The van der Waals surface area contributed by atoms with Crippen LogP contribution in [0.3, 0.4) is 0 Å². The van der Waals surface area contributed by atoms with Crippen molar-refractivity contribution in [3.05, 3.63) is 69.6 Å². The molecule has 0 atom stereocenters. The van der Waals surface area contributed by atoms with Crippen LogP contribution in [0.2, 0.25) is 0 Å². The summed E-state index contributed by atoms with van der Waals surface area (Å²) in [5.74, 6) is 0. The van der Waals surface area contributed by atoms with Crippen LogP contribution in [0.25, 0.3) is 27.1 Å². The summed E-state index contributed by atoms with van der Waals surface area (Å²) < 4.78 is 31.8. The van der Waals surface area contributed by atoms with Gasteiger partial charge in [0.25, 0.3) is 10.1 Å². The average molecular weight is 288 g/mol. The van der Waals surface area contributed by atoms with Gasteiger partial charge < -0.3 is 11.1 Å². The van der Waals surface area contributed by atoms with E-state index in [1.54, 1.807) is 6.07 Å². The molecule has 0 fully saturated rings. The Balaban J connectivity index is 0.000000452. The molecule has 3 rings (SSSR count). The van der Waals surface area contributed by atoms with E-state index in [1.807, 2.05) is 30.3 Å². The lowest BCUT2D eigenvalue weighted by Crippen LogP contribution is -2.02. The second kappa shape index (κ2) is 5.34. The quantitative estimate of drug-likeness (QED) is 0.320. The van der Waals surface area contributed by atoms with E-state index >= 15 is 0 Å². The molecule has 7 heteroatoms. The Labute approximate surface area is 115 Å². The Bertz CT molecular complexity index is 794. The Hall–Kier alpha value is -2.34. The van der Waals surface area contributed by atoms with Crippen LogP contribution in [-0.2, 0) is 16.5 Å². The second-order valence-electron chi connectivity index (χ2n) is 4.18. The third-order valence-corrected chi connectivity index (χ3v) is 4.02. The van der Waals surface area contributed by atoms with Crippen molar-refractivity contribution in [3.8, 4) is 11.1 Å². The maximum absolute atomic E-state index is 11.3. The molecule has 0 saturated carbocycles. The van der Waals surface area contributed by atoms with Gasteiger partial charge >= 0.3 is 0 Å². The standard InChI is InChI=1S/C13H10O3S.N3/c14-17(15,16)13-7-3-6-11-10-5-2-1-4-9(10)8-12(11)13;1-3-2/h1-7H,8H2,(H,14,15,16);/q;-1. The van der Waals surface area contributed by atoms with Crippen molar-refractivity contribution in [2.75, 3.05) is 0 Å². The van der Waals surface area contributed by atoms with E-state index in [0.29, 0.717) is 12.0 Å². The maximum atomic E-state index is 11.3. The van der Waals surface area contributed by atoms with E-state index in [0.717, 1.165) is 16.7 Å². The van der Waals surface area contributed by atoms with Crippen LogP contribution in [0, 0.1) is 0 Å². The van der Waals surface area contributed by atoms with Crippen molar-refractivity contribution in [2.45, 2.75) is 11.3 Å². The van der Waals surface area contributed by atoms with E-state index in [9.17, 15) is 13.0 Å². The molecule has 2 aromatic rings. The van der Waals surface area contributed by atoms with Gasteiger partial charge in [0.2, 0.25) is 0 Å². The van der Waals surface area contributed by atoms with Gasteiger partial charge in [0.05, 0.1) is 4.90 Å². The van der Waals surface area contributed by atoms with Gasteiger partial charge in [-0.15, -0.1) is 0 Å². The average Bonchev–Trinajstić information content (AvgIpc) is 2.76. The van der Waals surface area contributed by atoms with Crippen molar-refractivity contribution >= 4 is 10.1 Å². The maximum Gasteiger partial charge on any atom is 0.294 e. The van der Waals surface area contributed by atoms with Crippen molar-refractivity contribution in [1.29, 1.82) is 0 Å². The molecule has 1 aliphatic rings. The molecule has 0 amide bonds. The molecule has 0 heterocycles. The number of nitrogens with zero attached hydrogens (tertiary/aromatic N) is 3. The first-order valence-electron chi connectivity index (χ1n) is 5.65. The van der Waals surface area contributed by atoms with Crippen LogP contribution >= 0.6 is 0 Å². The Morgan fingerprint density at radius 1 is 1.00 bits per heavy atom. The highest BCUT2D eigenvalue weighted by molar-refractivity contribution is 7.85. The third kappa shape index (κ3) is 2.50. The normalized spacial score (nSPS) is 11.7. The smallest absolute Gasteiger partial charge is 0.294 e. The highest BCUT2D eigenvalue weighted by Crippen LogP contribution is 2.39. The topological polar surface area (TPSA) is 113 Å². The summed E-state index contributed by atoms with van der Waals surface area (Å²) in [6, 6.07) is 12.8. The fourth-order valence-corrected chi connectivity index (χ4v) is 3.11. The lowest BCUT2D eigenvalue weighted by Gasteiger charge is -2.04. The zero-order valence-electron chi connectivity index (χ0n) is 10.3. The van der Waals surface area contributed by atoms with Crippen LogP contribution in [0.15, 0.2) is 47.4 Å². The van der Waals surface area contributed by atoms with Crippen LogP contribution in [0.5, 0.6) is 0 Å². The molecule has 0 spiro atoms. The molecule has 0 unspecified atom stereocenters. The fraction of sp³-hybridized carbons (Fsp3) is 0.0769. The lowest BCUT2D eigenvalue weighted by atomic mass is 10.1. The predicted molar refractivity (Wildman–Crippen MR) is 74.6 cm³/mol. The largest absolute Gasteiger partial charge is 0.373 e. The predicted octanol–water partition coefficient (Wildman–Crippen LogP) is 3.37. The summed E-state index contributed by atoms with van der Waals surface area (Å²) in [5, 5.41) is 0. The van der Waals surface area contributed by atoms with Gasteiger partial charge in [-0.05, 0) is 28.3 Å². The molecule has 0 saturated heterocycles. The molecule has 1 aliphatic carbocycles. The van der Waals surface area contributed by atoms with Gasteiger partial charge in [0.15, 0.2) is 0 Å². The summed E-state index contributed by atoms with van der Waals surface area (Å²) in [6.45, 7) is 0. The molecule has 0 aliphatic heterocycles. The molecule has 102 valence electrons. The highest BCUT2D eigenvalue weighted by atomic mass is 32.2. The minimum atomic E-state index is -4.15. The van der Waals surface area contributed by atoms with Crippen LogP contribution in [-0.4, -0.2) is 13.0 Å². The number of benzene rings is 2. The molecular formula is C13H10N3O3S-. The summed E-state index contributed by atoms with van der Waals surface area (Å²) in [5.41, 5.74) is 17.2. The van der Waals surface area contributed by atoms with Crippen molar-refractivity contribution in [1.82, 2.24) is 0 Å². The minimum absolute atomic E-state index is 0.0196.